The number of hydrogen-bond donors (Lipinski definition) is 4. The second-order valence-corrected chi connectivity index (χ2v) is 9.18. The highest BCUT2D eigenvalue weighted by molar-refractivity contribution is 6.08. The lowest BCUT2D eigenvalue weighted by molar-refractivity contribution is -0.140. The van der Waals surface area contributed by atoms with Crippen molar-refractivity contribution in [3.05, 3.63) is 0 Å². The summed E-state index contributed by atoms with van der Waals surface area (Å²) in [6.07, 6.45) is 6.76. The van der Waals surface area contributed by atoms with E-state index in [1.807, 2.05) is 41.5 Å². The molecule has 6 heteroatoms. The molecule has 0 aromatic heterocycles. The zero-order valence-corrected chi connectivity index (χ0v) is 19.4. The third kappa shape index (κ3) is 6.17. The zero-order chi connectivity index (χ0) is 22.3. The number of carbonyl (C=O) groups excluding carboxylic acids is 2. The van der Waals surface area contributed by atoms with Crippen LogP contribution >= 0.6 is 0 Å². The van der Waals surface area contributed by atoms with Gasteiger partial charge >= 0.3 is 0 Å². The third-order valence-corrected chi connectivity index (χ3v) is 6.66. The molecule has 0 saturated heterocycles. The molecule has 6 nitrogen and oxygen atoms in total. The molecule has 1 aliphatic rings. The van der Waals surface area contributed by atoms with E-state index in [9.17, 15) is 19.8 Å². The highest BCUT2D eigenvalue weighted by Gasteiger charge is 2.57. The molecule has 1 rings (SSSR count). The van der Waals surface area contributed by atoms with Crippen LogP contribution in [0.1, 0.15) is 106 Å². The van der Waals surface area contributed by atoms with Crippen molar-refractivity contribution in [1.82, 2.24) is 10.6 Å². The Labute approximate surface area is 177 Å². The maximum Gasteiger partial charge on any atom is 0.236 e. The number of nitrogens with one attached hydrogen (secondary N) is 2. The molecule has 0 radical (unpaired) electrons. The minimum atomic E-state index is -1.07. The van der Waals surface area contributed by atoms with Gasteiger partial charge in [0.25, 0.3) is 0 Å². The van der Waals surface area contributed by atoms with E-state index in [0.717, 1.165) is 25.7 Å². The smallest absolute Gasteiger partial charge is 0.236 e. The Kier molecular flexibility index (Phi) is 9.61. The van der Waals surface area contributed by atoms with Gasteiger partial charge in [0.15, 0.2) is 0 Å². The standard InChI is InChI=1S/C23H44N2O4/c1-7-11-22(28,12-8-2)17(5)24-19(26)21(15-16-21)20(27)25-18(6)23(29,13-9-3)14-10-4/h17-18,28-29H,7-16H2,1-6H3,(H,24,26)(H,25,27)/t17-,18-/m1/s1. The summed E-state index contributed by atoms with van der Waals surface area (Å²) in [5.74, 6) is -0.621. The lowest BCUT2D eigenvalue weighted by atomic mass is 9.85. The molecule has 0 aromatic carbocycles. The summed E-state index contributed by atoms with van der Waals surface area (Å²) in [4.78, 5) is 25.9. The van der Waals surface area contributed by atoms with Crippen LogP contribution in [0.5, 0.6) is 0 Å². The van der Waals surface area contributed by atoms with Crippen LogP contribution in [0.4, 0.5) is 0 Å². The van der Waals surface area contributed by atoms with Crippen molar-refractivity contribution in [3.63, 3.8) is 0 Å². The van der Waals surface area contributed by atoms with Crippen LogP contribution in [0.3, 0.4) is 0 Å². The lowest BCUT2D eigenvalue weighted by Crippen LogP contribution is -2.57. The molecular formula is C23H44N2O4. The normalized spacial score (nSPS) is 18.1. The van der Waals surface area contributed by atoms with E-state index < -0.39 is 28.7 Å². The van der Waals surface area contributed by atoms with Crippen molar-refractivity contribution in [2.75, 3.05) is 0 Å². The number of aliphatic hydroxyl groups is 2. The summed E-state index contributed by atoms with van der Waals surface area (Å²) in [7, 11) is 0. The molecule has 1 aliphatic carbocycles. The molecule has 0 bridgehead atoms. The second-order valence-electron chi connectivity index (χ2n) is 9.18. The van der Waals surface area contributed by atoms with Gasteiger partial charge in [0.05, 0.1) is 23.3 Å². The Morgan fingerprint density at radius 2 is 1.03 bits per heavy atom. The Balaban J connectivity index is 2.82. The van der Waals surface area contributed by atoms with Crippen LogP contribution in [-0.4, -0.2) is 45.3 Å². The van der Waals surface area contributed by atoms with E-state index in [1.165, 1.54) is 0 Å². The number of hydrogen-bond acceptors (Lipinski definition) is 4. The minimum absolute atomic E-state index is 0.310. The molecule has 4 N–H and O–H groups in total. The van der Waals surface area contributed by atoms with Crippen molar-refractivity contribution in [2.45, 2.75) is 129 Å². The van der Waals surface area contributed by atoms with Gasteiger partial charge in [0, 0.05) is 0 Å². The van der Waals surface area contributed by atoms with Gasteiger partial charge in [0.2, 0.25) is 11.8 Å². The van der Waals surface area contributed by atoms with Gasteiger partial charge in [-0.25, -0.2) is 0 Å². The Hall–Kier alpha value is -1.14. The van der Waals surface area contributed by atoms with E-state index in [4.69, 9.17) is 0 Å². The fourth-order valence-electron chi connectivity index (χ4n) is 4.47. The topological polar surface area (TPSA) is 98.7 Å². The van der Waals surface area contributed by atoms with Gasteiger partial charge in [-0.15, -0.1) is 0 Å². The van der Waals surface area contributed by atoms with Crippen LogP contribution < -0.4 is 10.6 Å². The van der Waals surface area contributed by atoms with Gasteiger partial charge in [0.1, 0.15) is 5.41 Å². The van der Waals surface area contributed by atoms with Crippen LogP contribution in [0, 0.1) is 5.41 Å². The number of rotatable bonds is 14. The molecule has 0 heterocycles. The first-order valence-electron chi connectivity index (χ1n) is 11.6. The number of amides is 2. The second kappa shape index (κ2) is 10.8. The Morgan fingerprint density at radius 1 is 0.759 bits per heavy atom. The van der Waals surface area contributed by atoms with E-state index in [2.05, 4.69) is 10.6 Å². The monoisotopic (exact) mass is 412 g/mol. The maximum atomic E-state index is 13.0. The van der Waals surface area contributed by atoms with Gasteiger partial charge < -0.3 is 20.8 Å². The molecular weight excluding hydrogens is 368 g/mol. The van der Waals surface area contributed by atoms with E-state index in [1.54, 1.807) is 0 Å². The van der Waals surface area contributed by atoms with Crippen molar-refractivity contribution >= 4 is 11.8 Å². The van der Waals surface area contributed by atoms with Crippen LogP contribution in [0.25, 0.3) is 0 Å². The van der Waals surface area contributed by atoms with E-state index in [-0.39, 0.29) is 11.8 Å². The minimum Gasteiger partial charge on any atom is -0.388 e. The Morgan fingerprint density at radius 3 is 1.24 bits per heavy atom. The first-order valence-corrected chi connectivity index (χ1v) is 11.6. The average molecular weight is 413 g/mol. The molecule has 170 valence electrons. The fourth-order valence-corrected chi connectivity index (χ4v) is 4.47. The zero-order valence-electron chi connectivity index (χ0n) is 19.4. The van der Waals surface area contributed by atoms with Crippen molar-refractivity contribution in [1.29, 1.82) is 0 Å². The maximum absolute atomic E-state index is 13.0. The highest BCUT2D eigenvalue weighted by Crippen LogP contribution is 2.47. The molecule has 1 fully saturated rings. The lowest BCUT2D eigenvalue weighted by Gasteiger charge is -2.36. The van der Waals surface area contributed by atoms with E-state index in [0.29, 0.717) is 38.5 Å². The quantitative estimate of drug-likeness (QED) is 0.328. The van der Waals surface area contributed by atoms with Gasteiger partial charge in [-0.3, -0.25) is 9.59 Å². The van der Waals surface area contributed by atoms with Crippen LogP contribution in [0.15, 0.2) is 0 Å². The molecule has 0 aromatic rings. The first-order chi connectivity index (χ1) is 13.5. The molecule has 2 atom stereocenters. The third-order valence-electron chi connectivity index (χ3n) is 6.66. The van der Waals surface area contributed by atoms with Gasteiger partial charge in [-0.05, 0) is 52.4 Å². The van der Waals surface area contributed by atoms with Crippen molar-refractivity contribution < 1.29 is 19.8 Å². The summed E-state index contributed by atoms with van der Waals surface area (Å²) >= 11 is 0. The highest BCUT2D eigenvalue weighted by atomic mass is 16.3. The largest absolute Gasteiger partial charge is 0.388 e. The molecule has 29 heavy (non-hydrogen) atoms. The summed E-state index contributed by atoms with van der Waals surface area (Å²) in [5, 5.41) is 27.8. The summed E-state index contributed by atoms with van der Waals surface area (Å²) in [5.41, 5.74) is -2.98. The van der Waals surface area contributed by atoms with Crippen LogP contribution in [0.2, 0.25) is 0 Å². The molecule has 2 amide bonds. The predicted molar refractivity (Wildman–Crippen MR) is 116 cm³/mol. The molecule has 1 saturated carbocycles. The van der Waals surface area contributed by atoms with Crippen molar-refractivity contribution in [3.8, 4) is 0 Å². The SMILES string of the molecule is CCCC(O)(CCC)[C@@H](C)NC(=O)C1(C(=O)N[C@H](C)C(O)(CCC)CCC)CC1. The fraction of sp³-hybridized carbons (Fsp3) is 0.913. The summed E-state index contributed by atoms with van der Waals surface area (Å²) < 4.78 is 0. The molecule has 0 aliphatic heterocycles. The van der Waals surface area contributed by atoms with Crippen LogP contribution in [-0.2, 0) is 9.59 Å². The molecule has 0 unspecified atom stereocenters. The van der Waals surface area contributed by atoms with Crippen molar-refractivity contribution in [2.24, 2.45) is 5.41 Å². The van der Waals surface area contributed by atoms with Gasteiger partial charge in [-0.2, -0.15) is 0 Å². The van der Waals surface area contributed by atoms with Gasteiger partial charge in [-0.1, -0.05) is 53.4 Å². The average Bonchev–Trinajstić information content (AvgIpc) is 3.44. The summed E-state index contributed by atoms with van der Waals surface area (Å²) in [6.45, 7) is 11.7. The predicted octanol–water partition coefficient (Wildman–Crippen LogP) is 3.44. The molecule has 0 spiro atoms. The number of carbonyl (C=O) groups is 2. The first kappa shape index (κ1) is 25.9. The Bertz CT molecular complexity index is 489. The van der Waals surface area contributed by atoms with E-state index >= 15 is 0 Å². The summed E-state index contributed by atoms with van der Waals surface area (Å²) in [6, 6.07) is -0.843.